The number of thiazole rings is 1. The molecule has 1 heterocycles. The van der Waals surface area contributed by atoms with Crippen LogP contribution in [-0.2, 0) is 26.0 Å². The molecular weight excluding hydrogens is 576 g/mol. The number of hydrazine groups is 1. The van der Waals surface area contributed by atoms with E-state index >= 15 is 0 Å². The highest BCUT2D eigenvalue weighted by Gasteiger charge is 2.36. The van der Waals surface area contributed by atoms with Crippen LogP contribution in [0.1, 0.15) is 32.3 Å². The Balaban J connectivity index is 2.01. The maximum atomic E-state index is 13.9. The van der Waals surface area contributed by atoms with E-state index in [4.69, 9.17) is 5.26 Å². The number of nitrogens with zero attached hydrogens (tertiary/aromatic N) is 5. The Labute approximate surface area is 251 Å². The van der Waals surface area contributed by atoms with E-state index in [0.29, 0.717) is 5.52 Å². The molecule has 0 spiro atoms. The number of carbonyl (C=O) groups excluding carboxylic acids is 2. The predicted octanol–water partition coefficient (Wildman–Crippen LogP) is 2.64. The second-order valence-electron chi connectivity index (χ2n) is 10.7. The number of rotatable bonds is 14. The molecule has 0 aliphatic rings. The lowest BCUT2D eigenvalue weighted by Crippen LogP contribution is -2.60. The summed E-state index contributed by atoms with van der Waals surface area (Å²) in [6.07, 6.45) is -1.53. The first-order chi connectivity index (χ1) is 19.9. The van der Waals surface area contributed by atoms with Crippen LogP contribution in [0.3, 0.4) is 0 Å². The lowest BCUT2D eigenvalue weighted by molar-refractivity contribution is -0.148. The molecule has 42 heavy (non-hydrogen) atoms. The van der Waals surface area contributed by atoms with Gasteiger partial charge in [-0.25, -0.2) is 18.4 Å². The quantitative estimate of drug-likeness (QED) is 0.264. The summed E-state index contributed by atoms with van der Waals surface area (Å²) >= 11 is 1.33. The molecule has 2 N–H and O–H groups in total. The maximum absolute atomic E-state index is 13.9. The molecule has 2 atom stereocenters. The van der Waals surface area contributed by atoms with Crippen LogP contribution in [0, 0.1) is 17.2 Å². The summed E-state index contributed by atoms with van der Waals surface area (Å²) in [7, 11) is -0.646. The van der Waals surface area contributed by atoms with Crippen molar-refractivity contribution in [2.45, 2.75) is 50.2 Å². The largest absolute Gasteiger partial charge is 0.390 e. The molecule has 2 aromatic carbocycles. The number of amides is 2. The molecule has 0 aliphatic heterocycles. The molecule has 2 amide bonds. The van der Waals surface area contributed by atoms with Crippen molar-refractivity contribution in [2.24, 2.45) is 5.92 Å². The van der Waals surface area contributed by atoms with E-state index in [9.17, 15) is 23.1 Å². The molecule has 0 fully saturated rings. The Bertz CT molecular complexity index is 1490. The molecule has 226 valence electrons. The second kappa shape index (κ2) is 15.2. The second-order valence-corrected chi connectivity index (χ2v) is 13.5. The van der Waals surface area contributed by atoms with Gasteiger partial charge in [0.15, 0.2) is 0 Å². The van der Waals surface area contributed by atoms with E-state index in [1.54, 1.807) is 36.6 Å². The van der Waals surface area contributed by atoms with Crippen LogP contribution in [0.4, 0.5) is 0 Å². The van der Waals surface area contributed by atoms with Gasteiger partial charge in [0, 0.05) is 25.9 Å². The number of sulfonamides is 1. The minimum atomic E-state index is -4.05. The van der Waals surface area contributed by atoms with Gasteiger partial charge in [-0.2, -0.15) is 9.57 Å². The van der Waals surface area contributed by atoms with Crippen molar-refractivity contribution in [2.75, 3.05) is 33.7 Å². The van der Waals surface area contributed by atoms with Gasteiger partial charge in [-0.1, -0.05) is 44.2 Å². The van der Waals surface area contributed by atoms with Gasteiger partial charge in [-0.05, 0) is 50.2 Å². The number of carbonyl (C=O) groups is 2. The lowest BCUT2D eigenvalue weighted by Gasteiger charge is -2.37. The zero-order valence-corrected chi connectivity index (χ0v) is 25.9. The summed E-state index contributed by atoms with van der Waals surface area (Å²) in [5.41, 5.74) is 5.73. The summed E-state index contributed by atoms with van der Waals surface area (Å²) in [5.74, 6) is -1.11. The number of hydrogen-bond donors (Lipinski definition) is 2. The van der Waals surface area contributed by atoms with Gasteiger partial charge >= 0.3 is 0 Å². The number of nitrogens with one attached hydrogen (secondary N) is 1. The molecule has 11 nitrogen and oxygen atoms in total. The third kappa shape index (κ3) is 9.04. The third-order valence-electron chi connectivity index (χ3n) is 6.39. The molecule has 1 aromatic heterocycles. The zero-order chi connectivity index (χ0) is 30.9. The van der Waals surface area contributed by atoms with Gasteiger partial charge in [0.1, 0.15) is 0 Å². The average molecular weight is 615 g/mol. The minimum absolute atomic E-state index is 0.0237. The van der Waals surface area contributed by atoms with Crippen molar-refractivity contribution in [3.05, 3.63) is 59.6 Å². The van der Waals surface area contributed by atoms with Crippen molar-refractivity contribution in [1.29, 1.82) is 5.26 Å². The number of benzene rings is 2. The zero-order valence-electron chi connectivity index (χ0n) is 24.3. The molecule has 0 saturated carbocycles. The normalized spacial score (nSPS) is 13.3. The first-order valence-corrected chi connectivity index (χ1v) is 15.9. The first-order valence-electron chi connectivity index (χ1n) is 13.6. The minimum Gasteiger partial charge on any atom is -0.390 e. The van der Waals surface area contributed by atoms with E-state index in [1.165, 1.54) is 21.7 Å². The van der Waals surface area contributed by atoms with E-state index in [0.717, 1.165) is 15.3 Å². The Hall–Kier alpha value is -3.41. The van der Waals surface area contributed by atoms with Crippen LogP contribution in [0.15, 0.2) is 58.9 Å². The molecule has 13 heteroatoms. The van der Waals surface area contributed by atoms with Gasteiger partial charge in [-0.15, -0.1) is 11.3 Å². The fourth-order valence-electron chi connectivity index (χ4n) is 4.48. The van der Waals surface area contributed by atoms with Gasteiger partial charge < -0.3 is 10.0 Å². The first kappa shape index (κ1) is 33.1. The number of likely N-dealkylation sites (N-methyl/N-ethyl adjacent to an activating group) is 1. The Morgan fingerprint density at radius 1 is 1.12 bits per heavy atom. The van der Waals surface area contributed by atoms with Crippen LogP contribution < -0.4 is 5.43 Å². The standard InChI is InChI=1S/C29H38N6O5S2/c1-21(2)17-34(42(39,40)23-12-13-24-27(16-23)41-20-31-24)18-26(36)25(15-22-9-6-5-7-10-22)35(29(38)11-8-14-30)32-28(37)19-33(3)4/h5-7,9-10,12-13,16,20-21,25-26,36H,8,11,15,17-19H2,1-4H3,(H,32,37)/t25?,26-/m1/s1. The van der Waals surface area contributed by atoms with E-state index < -0.39 is 34.0 Å². The van der Waals surface area contributed by atoms with Crippen molar-refractivity contribution in [3.63, 3.8) is 0 Å². The summed E-state index contributed by atoms with van der Waals surface area (Å²) < 4.78 is 29.7. The highest BCUT2D eigenvalue weighted by molar-refractivity contribution is 7.89. The molecule has 1 unspecified atom stereocenters. The fraction of sp³-hybridized carbons (Fsp3) is 0.448. The van der Waals surface area contributed by atoms with Crippen LogP contribution >= 0.6 is 11.3 Å². The molecule has 0 saturated heterocycles. The molecule has 0 radical (unpaired) electrons. The van der Waals surface area contributed by atoms with Gasteiger partial charge in [-0.3, -0.25) is 15.0 Å². The molecule has 3 aromatic rings. The van der Waals surface area contributed by atoms with Crippen molar-refractivity contribution >= 4 is 43.4 Å². The van der Waals surface area contributed by atoms with Gasteiger partial charge in [0.2, 0.25) is 15.9 Å². The maximum Gasteiger partial charge on any atom is 0.252 e. The third-order valence-corrected chi connectivity index (χ3v) is 9.01. The predicted molar refractivity (Wildman–Crippen MR) is 162 cm³/mol. The van der Waals surface area contributed by atoms with Crippen LogP contribution in [0.25, 0.3) is 10.2 Å². The van der Waals surface area contributed by atoms with Crippen LogP contribution in [0.2, 0.25) is 0 Å². The topological polar surface area (TPSA) is 147 Å². The molecule has 0 aliphatic carbocycles. The number of hydrogen-bond acceptors (Lipinski definition) is 9. The van der Waals surface area contributed by atoms with Crippen LogP contribution in [-0.4, -0.2) is 90.4 Å². The van der Waals surface area contributed by atoms with Gasteiger partial charge in [0.25, 0.3) is 5.91 Å². The Morgan fingerprint density at radius 3 is 2.48 bits per heavy atom. The SMILES string of the molecule is CC(C)CN(C[C@@H](O)C(Cc1ccccc1)N(NC(=O)CN(C)C)C(=O)CCC#N)S(=O)(=O)c1ccc2ncsc2c1. The molecule has 3 rings (SSSR count). The molecule has 0 bridgehead atoms. The van der Waals surface area contributed by atoms with Crippen molar-refractivity contribution in [1.82, 2.24) is 24.6 Å². The van der Waals surface area contributed by atoms with Crippen molar-refractivity contribution < 1.29 is 23.1 Å². The summed E-state index contributed by atoms with van der Waals surface area (Å²) in [4.78, 5) is 32.1. The molecular formula is C29H38N6O5S2. The number of nitriles is 1. The van der Waals surface area contributed by atoms with E-state index in [-0.39, 0.29) is 49.7 Å². The van der Waals surface area contributed by atoms with Crippen molar-refractivity contribution in [3.8, 4) is 6.07 Å². The number of aliphatic hydroxyl groups excluding tert-OH is 1. The van der Waals surface area contributed by atoms with E-state index in [1.807, 2.05) is 50.2 Å². The highest BCUT2D eigenvalue weighted by Crippen LogP contribution is 2.26. The lowest BCUT2D eigenvalue weighted by atomic mass is 9.99. The summed E-state index contributed by atoms with van der Waals surface area (Å²) in [5, 5.41) is 21.9. The van der Waals surface area contributed by atoms with Crippen LogP contribution in [0.5, 0.6) is 0 Å². The average Bonchev–Trinajstić information content (AvgIpc) is 3.41. The Kier molecular flexibility index (Phi) is 12.0. The highest BCUT2D eigenvalue weighted by atomic mass is 32.2. The smallest absolute Gasteiger partial charge is 0.252 e. The fourth-order valence-corrected chi connectivity index (χ4v) is 6.92. The summed E-state index contributed by atoms with van der Waals surface area (Å²) in [6, 6.07) is 14.7. The number of fused-ring (bicyclic) bond motifs is 1. The Morgan fingerprint density at radius 2 is 1.83 bits per heavy atom. The van der Waals surface area contributed by atoms with Gasteiger partial charge in [0.05, 0.1) is 45.4 Å². The summed E-state index contributed by atoms with van der Waals surface area (Å²) in [6.45, 7) is 3.52. The number of aliphatic hydroxyl groups is 1. The number of aromatic nitrogens is 1. The monoisotopic (exact) mass is 614 g/mol. The van der Waals surface area contributed by atoms with E-state index in [2.05, 4.69) is 10.4 Å².